The molecule has 5 nitrogen and oxygen atoms in total. The van der Waals surface area contributed by atoms with Crippen molar-refractivity contribution in [1.29, 1.82) is 0 Å². The van der Waals surface area contributed by atoms with Gasteiger partial charge in [0.1, 0.15) is 6.33 Å². The molecule has 1 atom stereocenters. The highest BCUT2D eigenvalue weighted by molar-refractivity contribution is 5.20. The highest BCUT2D eigenvalue weighted by Gasteiger charge is 2.11. The lowest BCUT2D eigenvalue weighted by atomic mass is 10.1. The van der Waals surface area contributed by atoms with Crippen molar-refractivity contribution in [3.63, 3.8) is 0 Å². The summed E-state index contributed by atoms with van der Waals surface area (Å²) in [6.45, 7) is 4.97. The Kier molecular flexibility index (Phi) is 3.49. The Labute approximate surface area is 101 Å². The quantitative estimate of drug-likeness (QED) is 0.863. The molecule has 5 heteroatoms. The van der Waals surface area contributed by atoms with Crippen molar-refractivity contribution in [1.82, 2.24) is 25.1 Å². The highest BCUT2D eigenvalue weighted by Crippen LogP contribution is 2.16. The van der Waals surface area contributed by atoms with Crippen LogP contribution in [0.15, 0.2) is 24.9 Å². The monoisotopic (exact) mass is 231 g/mol. The molecule has 2 rings (SSSR count). The third-order valence-electron chi connectivity index (χ3n) is 2.97. The van der Waals surface area contributed by atoms with E-state index in [1.807, 2.05) is 30.3 Å². The first kappa shape index (κ1) is 11.7. The van der Waals surface area contributed by atoms with Crippen LogP contribution in [0.3, 0.4) is 0 Å². The number of aryl methyl sites for hydroxylation is 1. The molecule has 0 radical (unpaired) electrons. The second-order valence-electron chi connectivity index (χ2n) is 4.16. The second kappa shape index (κ2) is 5.05. The Morgan fingerprint density at radius 1 is 1.29 bits per heavy atom. The van der Waals surface area contributed by atoms with Gasteiger partial charge in [0.2, 0.25) is 0 Å². The van der Waals surface area contributed by atoms with Crippen molar-refractivity contribution in [2.24, 2.45) is 7.05 Å². The van der Waals surface area contributed by atoms with E-state index in [1.165, 1.54) is 17.6 Å². The van der Waals surface area contributed by atoms with Crippen LogP contribution in [0.5, 0.6) is 0 Å². The molecule has 0 saturated carbocycles. The van der Waals surface area contributed by atoms with Gasteiger partial charge in [0.25, 0.3) is 0 Å². The average Bonchev–Trinajstić information content (AvgIpc) is 2.69. The summed E-state index contributed by atoms with van der Waals surface area (Å²) >= 11 is 0. The predicted octanol–water partition coefficient (Wildman–Crippen LogP) is 1.37. The van der Waals surface area contributed by atoms with Gasteiger partial charge in [0.15, 0.2) is 0 Å². The van der Waals surface area contributed by atoms with Crippen LogP contribution in [-0.4, -0.2) is 19.7 Å². The molecular weight excluding hydrogens is 214 g/mol. The van der Waals surface area contributed by atoms with E-state index in [2.05, 4.69) is 34.2 Å². The van der Waals surface area contributed by atoms with E-state index in [4.69, 9.17) is 0 Å². The van der Waals surface area contributed by atoms with Crippen molar-refractivity contribution in [2.75, 3.05) is 0 Å². The molecule has 17 heavy (non-hydrogen) atoms. The summed E-state index contributed by atoms with van der Waals surface area (Å²) in [5, 5.41) is 7.68. The van der Waals surface area contributed by atoms with Gasteiger partial charge in [-0.15, -0.1) is 0 Å². The number of nitrogens with one attached hydrogen (secondary N) is 1. The molecular formula is C12H17N5. The average molecular weight is 231 g/mol. The van der Waals surface area contributed by atoms with Gasteiger partial charge >= 0.3 is 0 Å². The third-order valence-corrected chi connectivity index (χ3v) is 2.97. The first-order valence-electron chi connectivity index (χ1n) is 5.64. The molecule has 2 aromatic heterocycles. The van der Waals surface area contributed by atoms with Crippen LogP contribution in [0, 0.1) is 6.92 Å². The number of rotatable bonds is 4. The third kappa shape index (κ3) is 2.68. The smallest absolute Gasteiger partial charge is 0.115 e. The van der Waals surface area contributed by atoms with E-state index < -0.39 is 0 Å². The number of hydrogen-bond acceptors (Lipinski definition) is 4. The highest BCUT2D eigenvalue weighted by atomic mass is 15.3. The van der Waals surface area contributed by atoms with Crippen molar-refractivity contribution < 1.29 is 0 Å². The normalized spacial score (nSPS) is 12.6. The SMILES string of the molecule is Cc1c(C(C)NCc2cncnc2)cnn1C. The lowest BCUT2D eigenvalue weighted by Gasteiger charge is -2.13. The number of aromatic nitrogens is 4. The summed E-state index contributed by atoms with van der Waals surface area (Å²) < 4.78 is 1.89. The Bertz CT molecular complexity index is 477. The zero-order chi connectivity index (χ0) is 12.3. The Hall–Kier alpha value is -1.75. The van der Waals surface area contributed by atoms with E-state index in [1.54, 1.807) is 0 Å². The zero-order valence-electron chi connectivity index (χ0n) is 10.4. The minimum Gasteiger partial charge on any atom is -0.306 e. The minimum absolute atomic E-state index is 0.268. The molecule has 0 amide bonds. The summed E-state index contributed by atoms with van der Waals surface area (Å²) in [6, 6.07) is 0.268. The molecule has 0 bridgehead atoms. The minimum atomic E-state index is 0.268. The van der Waals surface area contributed by atoms with Crippen LogP contribution in [0.2, 0.25) is 0 Å². The van der Waals surface area contributed by atoms with Gasteiger partial charge in [-0.3, -0.25) is 4.68 Å². The van der Waals surface area contributed by atoms with Gasteiger partial charge in [-0.1, -0.05) is 0 Å². The van der Waals surface area contributed by atoms with E-state index in [9.17, 15) is 0 Å². The first-order chi connectivity index (χ1) is 8.18. The van der Waals surface area contributed by atoms with Gasteiger partial charge in [0, 0.05) is 48.8 Å². The molecule has 90 valence electrons. The summed E-state index contributed by atoms with van der Waals surface area (Å²) in [4.78, 5) is 7.98. The largest absolute Gasteiger partial charge is 0.306 e. The maximum Gasteiger partial charge on any atom is 0.115 e. The molecule has 1 unspecified atom stereocenters. The van der Waals surface area contributed by atoms with Crippen LogP contribution >= 0.6 is 0 Å². The van der Waals surface area contributed by atoms with Crippen molar-refractivity contribution in [3.8, 4) is 0 Å². The topological polar surface area (TPSA) is 55.6 Å². The first-order valence-corrected chi connectivity index (χ1v) is 5.64. The molecule has 2 heterocycles. The fourth-order valence-electron chi connectivity index (χ4n) is 1.74. The number of hydrogen-bond donors (Lipinski definition) is 1. The molecule has 0 spiro atoms. The maximum absolute atomic E-state index is 4.24. The van der Waals surface area contributed by atoms with Gasteiger partial charge in [-0.05, 0) is 13.8 Å². The van der Waals surface area contributed by atoms with Crippen LogP contribution in [0.4, 0.5) is 0 Å². The van der Waals surface area contributed by atoms with E-state index in [-0.39, 0.29) is 6.04 Å². The summed E-state index contributed by atoms with van der Waals surface area (Å²) in [5.74, 6) is 0. The Balaban J connectivity index is 1.98. The molecule has 0 aliphatic rings. The summed E-state index contributed by atoms with van der Waals surface area (Å²) in [5.41, 5.74) is 3.50. The molecule has 2 aromatic rings. The Morgan fingerprint density at radius 2 is 2.00 bits per heavy atom. The lowest BCUT2D eigenvalue weighted by Crippen LogP contribution is -2.18. The van der Waals surface area contributed by atoms with Crippen molar-refractivity contribution in [3.05, 3.63) is 41.7 Å². The summed E-state index contributed by atoms with van der Waals surface area (Å²) in [7, 11) is 1.95. The van der Waals surface area contributed by atoms with Gasteiger partial charge < -0.3 is 5.32 Å². The number of nitrogens with zero attached hydrogens (tertiary/aromatic N) is 4. The lowest BCUT2D eigenvalue weighted by molar-refractivity contribution is 0.568. The van der Waals surface area contributed by atoms with Crippen LogP contribution in [-0.2, 0) is 13.6 Å². The van der Waals surface area contributed by atoms with Gasteiger partial charge in [-0.25, -0.2) is 9.97 Å². The molecule has 0 fully saturated rings. The standard InChI is InChI=1S/C12H17N5/c1-9(12-7-16-17(3)10(12)2)15-6-11-4-13-8-14-5-11/h4-5,7-9,15H,6H2,1-3H3. The Morgan fingerprint density at radius 3 is 2.59 bits per heavy atom. The van der Waals surface area contributed by atoms with E-state index >= 15 is 0 Å². The fourth-order valence-corrected chi connectivity index (χ4v) is 1.74. The molecule has 0 aliphatic heterocycles. The van der Waals surface area contributed by atoms with Crippen LogP contribution < -0.4 is 5.32 Å². The molecule has 1 N–H and O–H groups in total. The van der Waals surface area contributed by atoms with Crippen LogP contribution in [0.1, 0.15) is 29.8 Å². The van der Waals surface area contributed by atoms with E-state index in [0.717, 1.165) is 12.1 Å². The predicted molar refractivity (Wildman–Crippen MR) is 65.2 cm³/mol. The van der Waals surface area contributed by atoms with Gasteiger partial charge in [0.05, 0.1) is 6.20 Å². The zero-order valence-corrected chi connectivity index (χ0v) is 10.4. The second-order valence-corrected chi connectivity index (χ2v) is 4.16. The van der Waals surface area contributed by atoms with Crippen LogP contribution in [0.25, 0.3) is 0 Å². The molecule has 0 aromatic carbocycles. The summed E-state index contributed by atoms with van der Waals surface area (Å²) in [6.07, 6.45) is 7.10. The van der Waals surface area contributed by atoms with E-state index in [0.29, 0.717) is 0 Å². The fraction of sp³-hybridized carbons (Fsp3) is 0.417. The van der Waals surface area contributed by atoms with Crippen molar-refractivity contribution in [2.45, 2.75) is 26.4 Å². The van der Waals surface area contributed by atoms with Gasteiger partial charge in [-0.2, -0.15) is 5.10 Å². The molecule has 0 aliphatic carbocycles. The maximum atomic E-state index is 4.24. The van der Waals surface area contributed by atoms with Crippen molar-refractivity contribution >= 4 is 0 Å². The molecule has 0 saturated heterocycles.